The Morgan fingerprint density at radius 3 is 2.59 bits per heavy atom. The molecule has 2 heterocycles. The molecule has 0 saturated heterocycles. The van der Waals surface area contributed by atoms with Crippen molar-refractivity contribution >= 4 is 46.3 Å². The molecular formula is C19H22ClN3O3S. The summed E-state index contributed by atoms with van der Waals surface area (Å²) in [5.74, 6) is -0.0432. The van der Waals surface area contributed by atoms with Crippen LogP contribution in [0.25, 0.3) is 11.0 Å². The summed E-state index contributed by atoms with van der Waals surface area (Å²) in [6, 6.07) is 4.81. The first-order chi connectivity index (χ1) is 12.3. The third-order valence-electron chi connectivity index (χ3n) is 4.30. The summed E-state index contributed by atoms with van der Waals surface area (Å²) in [5, 5.41) is 6.13. The second-order valence-corrected chi connectivity index (χ2v) is 7.60. The molecule has 0 aliphatic heterocycles. The fraction of sp³-hybridized carbons (Fsp3) is 0.316. The lowest BCUT2D eigenvalue weighted by molar-refractivity contribution is 0.102. The number of nitrogens with one attached hydrogen (secondary N) is 1. The maximum absolute atomic E-state index is 12.6. The number of carbonyl (C=O) groups excluding carboxylic acids is 1. The smallest absolute Gasteiger partial charge is 0.336 e. The summed E-state index contributed by atoms with van der Waals surface area (Å²) in [6.07, 6.45) is 0. The Morgan fingerprint density at radius 1 is 1.22 bits per heavy atom. The van der Waals surface area contributed by atoms with Crippen LogP contribution in [0.5, 0.6) is 0 Å². The molecule has 0 unspecified atom stereocenters. The first-order valence-electron chi connectivity index (χ1n) is 8.33. The number of nitrogens with zero attached hydrogens (tertiary/aromatic N) is 1. The molecule has 3 rings (SSSR count). The summed E-state index contributed by atoms with van der Waals surface area (Å²) < 4.78 is 5.23. The lowest BCUT2D eigenvalue weighted by Crippen LogP contribution is -2.18. The molecule has 2 aromatic heterocycles. The van der Waals surface area contributed by atoms with Gasteiger partial charge in [0.05, 0.1) is 6.04 Å². The van der Waals surface area contributed by atoms with Crippen LogP contribution >= 0.6 is 23.7 Å². The van der Waals surface area contributed by atoms with E-state index in [1.807, 2.05) is 33.8 Å². The molecule has 144 valence electrons. The SMILES string of the molecule is Cc1cc2oc(=O)cc(C)c2cc1NC(=O)c1csc([C@@H](N)C(C)C)n1.Cl. The molecule has 27 heavy (non-hydrogen) atoms. The van der Waals surface area contributed by atoms with Crippen LogP contribution in [0.15, 0.2) is 32.8 Å². The van der Waals surface area contributed by atoms with E-state index in [0.29, 0.717) is 17.0 Å². The van der Waals surface area contributed by atoms with E-state index in [0.717, 1.165) is 21.5 Å². The standard InChI is InChI=1S/C19H21N3O3S.ClH/c1-9(2)17(20)19-22-14(8-26-19)18(24)21-13-7-12-10(3)6-16(23)25-15(12)5-11(13)4;/h5-9,17H,20H2,1-4H3,(H,21,24);1H/t17-;/m0./s1. The van der Waals surface area contributed by atoms with Crippen LogP contribution in [0, 0.1) is 19.8 Å². The van der Waals surface area contributed by atoms with Gasteiger partial charge in [0.15, 0.2) is 0 Å². The molecule has 0 radical (unpaired) electrons. The molecule has 0 fully saturated rings. The number of aromatic nitrogens is 1. The Kier molecular flexibility index (Phi) is 6.41. The predicted molar refractivity (Wildman–Crippen MR) is 111 cm³/mol. The van der Waals surface area contributed by atoms with Crippen LogP contribution in [-0.4, -0.2) is 10.9 Å². The minimum absolute atomic E-state index is 0. The Labute approximate surface area is 167 Å². The lowest BCUT2D eigenvalue weighted by atomic mass is 10.1. The number of thiazole rings is 1. The van der Waals surface area contributed by atoms with Crippen molar-refractivity contribution in [3.05, 3.63) is 55.8 Å². The van der Waals surface area contributed by atoms with Gasteiger partial charge in [0.2, 0.25) is 0 Å². The molecule has 0 bridgehead atoms. The number of anilines is 1. The van der Waals surface area contributed by atoms with Crippen molar-refractivity contribution in [3.8, 4) is 0 Å². The van der Waals surface area contributed by atoms with Crippen molar-refractivity contribution in [3.63, 3.8) is 0 Å². The van der Waals surface area contributed by atoms with Gasteiger partial charge in [0.1, 0.15) is 16.3 Å². The number of rotatable bonds is 4. The summed E-state index contributed by atoms with van der Waals surface area (Å²) in [5.41, 5.74) is 8.81. The lowest BCUT2D eigenvalue weighted by Gasteiger charge is -2.12. The maximum Gasteiger partial charge on any atom is 0.336 e. The number of aryl methyl sites for hydroxylation is 2. The molecule has 0 aliphatic carbocycles. The third kappa shape index (κ3) is 4.37. The number of halogens is 1. The normalized spacial score (nSPS) is 12.1. The highest BCUT2D eigenvalue weighted by Gasteiger charge is 2.18. The maximum atomic E-state index is 12.6. The molecule has 0 saturated carbocycles. The van der Waals surface area contributed by atoms with E-state index >= 15 is 0 Å². The van der Waals surface area contributed by atoms with Gasteiger partial charge >= 0.3 is 5.63 Å². The van der Waals surface area contributed by atoms with Crippen molar-refractivity contribution in [2.24, 2.45) is 11.7 Å². The summed E-state index contributed by atoms with van der Waals surface area (Å²) in [4.78, 5) is 28.5. The van der Waals surface area contributed by atoms with E-state index in [1.54, 1.807) is 11.4 Å². The summed E-state index contributed by atoms with van der Waals surface area (Å²) >= 11 is 1.39. The van der Waals surface area contributed by atoms with E-state index in [1.165, 1.54) is 17.4 Å². The van der Waals surface area contributed by atoms with Crippen LogP contribution in [0.2, 0.25) is 0 Å². The second-order valence-electron chi connectivity index (χ2n) is 6.71. The zero-order valence-corrected chi connectivity index (χ0v) is 17.2. The first kappa shape index (κ1) is 21.1. The highest BCUT2D eigenvalue weighted by atomic mass is 35.5. The van der Waals surface area contributed by atoms with Crippen LogP contribution in [0.3, 0.4) is 0 Å². The van der Waals surface area contributed by atoms with E-state index in [9.17, 15) is 9.59 Å². The van der Waals surface area contributed by atoms with Crippen molar-refractivity contribution in [1.82, 2.24) is 4.98 Å². The molecular weight excluding hydrogens is 386 g/mol. The Balaban J connectivity index is 0.00000261. The first-order valence-corrected chi connectivity index (χ1v) is 9.21. The molecule has 1 atom stereocenters. The monoisotopic (exact) mass is 407 g/mol. The van der Waals surface area contributed by atoms with Gasteiger partial charge in [-0.15, -0.1) is 23.7 Å². The Morgan fingerprint density at radius 2 is 1.93 bits per heavy atom. The van der Waals surface area contributed by atoms with Gasteiger partial charge < -0.3 is 15.5 Å². The predicted octanol–water partition coefficient (Wildman–Crippen LogP) is 4.20. The molecule has 0 spiro atoms. The topological polar surface area (TPSA) is 98.2 Å². The number of benzene rings is 1. The molecule has 1 amide bonds. The van der Waals surface area contributed by atoms with E-state index in [-0.39, 0.29) is 35.9 Å². The molecule has 6 nitrogen and oxygen atoms in total. The van der Waals surface area contributed by atoms with Crippen LogP contribution in [-0.2, 0) is 0 Å². The zero-order valence-electron chi connectivity index (χ0n) is 15.5. The Bertz CT molecular complexity index is 1040. The minimum atomic E-state index is -0.386. The van der Waals surface area contributed by atoms with Gasteiger partial charge in [-0.2, -0.15) is 0 Å². The van der Waals surface area contributed by atoms with Crippen LogP contribution in [0.4, 0.5) is 5.69 Å². The fourth-order valence-electron chi connectivity index (χ4n) is 2.62. The molecule has 3 aromatic rings. The third-order valence-corrected chi connectivity index (χ3v) is 5.25. The van der Waals surface area contributed by atoms with Crippen molar-refractivity contribution in [2.75, 3.05) is 5.32 Å². The Hall–Kier alpha value is -2.22. The van der Waals surface area contributed by atoms with Gasteiger partial charge in [-0.05, 0) is 43.0 Å². The molecule has 0 aliphatic rings. The number of hydrogen-bond acceptors (Lipinski definition) is 6. The van der Waals surface area contributed by atoms with Gasteiger partial charge in [-0.3, -0.25) is 4.79 Å². The number of amides is 1. The summed E-state index contributed by atoms with van der Waals surface area (Å²) in [7, 11) is 0. The van der Waals surface area contributed by atoms with Gasteiger partial charge in [-0.1, -0.05) is 13.8 Å². The number of fused-ring (bicyclic) bond motifs is 1. The quantitative estimate of drug-likeness (QED) is 0.631. The van der Waals surface area contributed by atoms with Crippen molar-refractivity contribution < 1.29 is 9.21 Å². The minimum Gasteiger partial charge on any atom is -0.423 e. The highest BCUT2D eigenvalue weighted by molar-refractivity contribution is 7.09. The van der Waals surface area contributed by atoms with Gasteiger partial charge in [-0.25, -0.2) is 9.78 Å². The van der Waals surface area contributed by atoms with Crippen LogP contribution < -0.4 is 16.7 Å². The second kappa shape index (κ2) is 8.21. The van der Waals surface area contributed by atoms with Crippen molar-refractivity contribution in [1.29, 1.82) is 0 Å². The van der Waals surface area contributed by atoms with Gasteiger partial charge in [0, 0.05) is 22.5 Å². The number of hydrogen-bond donors (Lipinski definition) is 2. The number of carbonyl (C=O) groups is 1. The van der Waals surface area contributed by atoms with Crippen molar-refractivity contribution in [2.45, 2.75) is 33.7 Å². The van der Waals surface area contributed by atoms with E-state index in [2.05, 4.69) is 10.3 Å². The largest absolute Gasteiger partial charge is 0.423 e. The van der Waals surface area contributed by atoms with Crippen LogP contribution in [0.1, 0.15) is 46.5 Å². The molecule has 3 N–H and O–H groups in total. The highest BCUT2D eigenvalue weighted by Crippen LogP contribution is 2.26. The number of nitrogens with two attached hydrogens (primary N) is 1. The summed E-state index contributed by atoms with van der Waals surface area (Å²) in [6.45, 7) is 7.72. The van der Waals surface area contributed by atoms with E-state index in [4.69, 9.17) is 10.2 Å². The fourth-order valence-corrected chi connectivity index (χ4v) is 3.59. The molecule has 1 aromatic carbocycles. The average molecular weight is 408 g/mol. The van der Waals surface area contributed by atoms with E-state index < -0.39 is 0 Å². The average Bonchev–Trinajstić information content (AvgIpc) is 3.05. The van der Waals surface area contributed by atoms with Gasteiger partial charge in [0.25, 0.3) is 5.91 Å². The zero-order chi connectivity index (χ0) is 19.0. The molecule has 8 heteroatoms.